The fraction of sp³-hybridized carbons (Fsp3) is 0.333. The van der Waals surface area contributed by atoms with Crippen LogP contribution in [-0.4, -0.2) is 35.6 Å². The molecule has 0 spiro atoms. The van der Waals surface area contributed by atoms with Gasteiger partial charge in [-0.2, -0.15) is 24.3 Å². The second-order valence-electron chi connectivity index (χ2n) is 12.3. The van der Waals surface area contributed by atoms with E-state index in [0.717, 1.165) is 46.7 Å². The first kappa shape index (κ1) is 42.0. The van der Waals surface area contributed by atoms with Crippen molar-refractivity contribution in [3.8, 4) is 0 Å². The summed E-state index contributed by atoms with van der Waals surface area (Å²) in [6.45, 7) is 10.7. The van der Waals surface area contributed by atoms with E-state index in [1.54, 1.807) is 0 Å². The van der Waals surface area contributed by atoms with E-state index < -0.39 is 23.3 Å². The van der Waals surface area contributed by atoms with Gasteiger partial charge in [-0.1, -0.05) is 0 Å². The molecule has 0 unspecified atom stereocenters. The SMILES string of the molecule is Cc1cc(C2OCCO2)c(C)n1Cc1ccc(F)[c-]c1F.Cc1cc(C2OCCO2)c(C)n1Cc1ccc(F)[c-]c1F.[C-]1=CC=CC1.[C-]1=CC=CC1.[Ti+4]. The molecule has 2 aromatic carbocycles. The van der Waals surface area contributed by atoms with Crippen molar-refractivity contribution in [1.29, 1.82) is 0 Å². The Balaban J connectivity index is 0.000000184. The molecule has 0 saturated carbocycles. The summed E-state index contributed by atoms with van der Waals surface area (Å²) in [7, 11) is 0. The van der Waals surface area contributed by atoms with Crippen LogP contribution in [0.1, 0.15) is 70.5 Å². The van der Waals surface area contributed by atoms with Gasteiger partial charge in [-0.15, -0.1) is 48.2 Å². The van der Waals surface area contributed by atoms with Crippen molar-refractivity contribution in [2.24, 2.45) is 0 Å². The Hall–Kier alpha value is -3.77. The fourth-order valence-corrected chi connectivity index (χ4v) is 5.91. The standard InChI is InChI=1S/2C16H16F2NO2.2C5H5.Ti/c2*1-10-7-14(16-20-5-6-21-16)11(2)19(10)9-12-3-4-13(17)8-15(12)18;2*1-2-4-5-3-1;/h2*3-4,7,16H,5-6,9H2,1-2H3;2*1-3H,4H2;/q4*-1;+4. The zero-order valence-corrected chi connectivity index (χ0v) is 31.8. The zero-order chi connectivity index (χ0) is 37.0. The van der Waals surface area contributed by atoms with E-state index in [1.807, 2.05) is 73.3 Å². The minimum atomic E-state index is -0.689. The summed E-state index contributed by atoms with van der Waals surface area (Å²) >= 11 is 0. The summed E-state index contributed by atoms with van der Waals surface area (Å²) in [5.74, 6) is -2.69. The van der Waals surface area contributed by atoms with E-state index in [-0.39, 0.29) is 34.3 Å². The van der Waals surface area contributed by atoms with Crippen molar-refractivity contribution < 1.29 is 58.2 Å². The first-order valence-corrected chi connectivity index (χ1v) is 17.1. The minimum absolute atomic E-state index is 0. The number of aromatic nitrogens is 2. The number of halogens is 4. The van der Waals surface area contributed by atoms with E-state index in [2.05, 4.69) is 36.4 Å². The molecule has 0 atom stereocenters. The molecule has 0 bridgehead atoms. The topological polar surface area (TPSA) is 46.8 Å². The molecule has 0 radical (unpaired) electrons. The van der Waals surface area contributed by atoms with Crippen molar-refractivity contribution in [2.45, 2.75) is 66.2 Å². The summed E-state index contributed by atoms with van der Waals surface area (Å²) in [6.07, 6.45) is 19.3. The van der Waals surface area contributed by atoms with Gasteiger partial charge < -0.3 is 28.1 Å². The third-order valence-electron chi connectivity index (χ3n) is 8.69. The van der Waals surface area contributed by atoms with Gasteiger partial charge in [0.05, 0.1) is 26.4 Å². The molecule has 4 aromatic rings. The number of hydrogen-bond acceptors (Lipinski definition) is 4. The molecule has 11 heteroatoms. The number of nitrogens with zero attached hydrogens (tertiary/aromatic N) is 2. The molecule has 4 aliphatic rings. The van der Waals surface area contributed by atoms with Gasteiger partial charge in [0, 0.05) is 70.3 Å². The Morgan fingerprint density at radius 2 is 0.981 bits per heavy atom. The largest absolute Gasteiger partial charge is 4.00 e. The molecule has 2 saturated heterocycles. The van der Waals surface area contributed by atoms with E-state index in [9.17, 15) is 17.6 Å². The molecule has 0 amide bonds. The van der Waals surface area contributed by atoms with Crippen LogP contribution in [0.3, 0.4) is 0 Å². The van der Waals surface area contributed by atoms with E-state index >= 15 is 0 Å². The summed E-state index contributed by atoms with van der Waals surface area (Å²) in [4.78, 5) is 0. The Morgan fingerprint density at radius 1 is 0.604 bits per heavy atom. The first-order valence-electron chi connectivity index (χ1n) is 17.1. The Bertz CT molecular complexity index is 1760. The van der Waals surface area contributed by atoms with Crippen molar-refractivity contribution in [3.63, 3.8) is 0 Å². The molecule has 4 heterocycles. The van der Waals surface area contributed by atoms with Crippen LogP contribution >= 0.6 is 0 Å². The quantitative estimate of drug-likeness (QED) is 0.112. The molecule has 276 valence electrons. The molecule has 6 nitrogen and oxygen atoms in total. The number of hydrogen-bond donors (Lipinski definition) is 0. The van der Waals surface area contributed by atoms with Gasteiger partial charge in [0.1, 0.15) is 0 Å². The van der Waals surface area contributed by atoms with Crippen molar-refractivity contribution in [1.82, 2.24) is 9.13 Å². The van der Waals surface area contributed by atoms with Crippen LogP contribution in [0.25, 0.3) is 0 Å². The molecule has 2 aromatic heterocycles. The third kappa shape index (κ3) is 11.6. The second kappa shape index (κ2) is 20.6. The average molecular weight is 763 g/mol. The zero-order valence-electron chi connectivity index (χ0n) is 30.3. The summed E-state index contributed by atoms with van der Waals surface area (Å²) < 4.78 is 79.3. The summed E-state index contributed by atoms with van der Waals surface area (Å²) in [6, 6.07) is 13.4. The molecule has 2 aliphatic heterocycles. The molecule has 53 heavy (non-hydrogen) atoms. The van der Waals surface area contributed by atoms with E-state index in [1.165, 1.54) is 24.3 Å². The molecule has 8 rings (SSSR count). The number of aryl methyl sites for hydroxylation is 2. The van der Waals surface area contributed by atoms with Gasteiger partial charge in [0.2, 0.25) is 0 Å². The van der Waals surface area contributed by atoms with Crippen molar-refractivity contribution in [2.75, 3.05) is 26.4 Å². The normalized spacial score (nSPS) is 15.8. The van der Waals surface area contributed by atoms with Crippen molar-refractivity contribution in [3.05, 3.63) is 165 Å². The summed E-state index contributed by atoms with van der Waals surface area (Å²) in [5.41, 5.74) is 6.59. The van der Waals surface area contributed by atoms with Gasteiger partial charge in [-0.05, 0) is 39.8 Å². The number of benzene rings is 2. The van der Waals surface area contributed by atoms with Gasteiger partial charge in [0.25, 0.3) is 0 Å². The van der Waals surface area contributed by atoms with Crippen LogP contribution in [0.15, 0.2) is 72.9 Å². The maximum atomic E-state index is 13.7. The fourth-order valence-electron chi connectivity index (χ4n) is 5.91. The Kier molecular flexibility index (Phi) is 16.3. The average Bonchev–Trinajstić information content (AvgIpc) is 3.98. The van der Waals surface area contributed by atoms with Crippen LogP contribution in [-0.2, 0) is 53.8 Å². The second-order valence-corrected chi connectivity index (χ2v) is 12.3. The van der Waals surface area contributed by atoms with E-state index in [4.69, 9.17) is 18.9 Å². The van der Waals surface area contributed by atoms with Gasteiger partial charge in [-0.25, -0.2) is 41.9 Å². The number of ether oxygens (including phenoxy) is 4. The van der Waals surface area contributed by atoms with Gasteiger partial charge in [-0.3, -0.25) is 12.2 Å². The molecule has 0 N–H and O–H groups in total. The third-order valence-corrected chi connectivity index (χ3v) is 8.69. The van der Waals surface area contributed by atoms with Crippen LogP contribution in [0.2, 0.25) is 0 Å². The number of allylic oxidation sites excluding steroid dienone is 8. The Morgan fingerprint density at radius 3 is 1.26 bits per heavy atom. The predicted molar refractivity (Wildman–Crippen MR) is 189 cm³/mol. The van der Waals surface area contributed by atoms with Crippen LogP contribution in [0.5, 0.6) is 0 Å². The molecule has 2 aliphatic carbocycles. The maximum Gasteiger partial charge on any atom is 4.00 e. The van der Waals surface area contributed by atoms with Crippen LogP contribution < -0.4 is 0 Å². The van der Waals surface area contributed by atoms with Crippen LogP contribution in [0, 0.1) is 75.2 Å². The minimum Gasteiger partial charge on any atom is -0.356 e. The smallest absolute Gasteiger partial charge is 0.356 e. The van der Waals surface area contributed by atoms with E-state index in [0.29, 0.717) is 50.6 Å². The summed E-state index contributed by atoms with van der Waals surface area (Å²) in [5, 5.41) is 0. The molecular weight excluding hydrogens is 720 g/mol. The first-order chi connectivity index (χ1) is 25.1. The monoisotopic (exact) mass is 762 g/mol. The van der Waals surface area contributed by atoms with Gasteiger partial charge in [0.15, 0.2) is 12.6 Å². The van der Waals surface area contributed by atoms with Gasteiger partial charge >= 0.3 is 21.7 Å². The number of rotatable bonds is 6. The predicted octanol–water partition coefficient (Wildman–Crippen LogP) is 9.16. The van der Waals surface area contributed by atoms with Crippen molar-refractivity contribution >= 4 is 0 Å². The Labute approximate surface area is 324 Å². The molecular formula is C42H42F4N2O4Ti. The molecule has 2 fully saturated rings. The maximum absolute atomic E-state index is 13.7. The van der Waals surface area contributed by atoms with Crippen LogP contribution in [0.4, 0.5) is 17.6 Å².